The van der Waals surface area contributed by atoms with E-state index in [0.29, 0.717) is 0 Å². The van der Waals surface area contributed by atoms with E-state index >= 15 is 8.78 Å². The van der Waals surface area contributed by atoms with E-state index in [-0.39, 0.29) is 41.0 Å². The number of alkyl halides is 18. The molecular formula is C50H29Br2F20N3O6. The predicted octanol–water partition coefficient (Wildman–Crippen LogP) is 16.2. The van der Waals surface area contributed by atoms with Crippen molar-refractivity contribution in [3.8, 4) is 11.5 Å². The van der Waals surface area contributed by atoms with Gasteiger partial charge in [-0.05, 0) is 92.0 Å². The minimum absolute atomic E-state index is 0.0414. The van der Waals surface area contributed by atoms with Gasteiger partial charge in [-0.15, -0.1) is 0 Å². The Morgan fingerprint density at radius 1 is 0.506 bits per heavy atom. The number of ketones is 1. The van der Waals surface area contributed by atoms with E-state index in [9.17, 15) is 98.2 Å². The summed E-state index contributed by atoms with van der Waals surface area (Å²) in [4.78, 5) is 51.7. The van der Waals surface area contributed by atoms with E-state index in [1.807, 2.05) is 10.6 Å². The van der Waals surface area contributed by atoms with Crippen LogP contribution in [0.15, 0.2) is 130 Å². The Morgan fingerprint density at radius 2 is 0.877 bits per heavy atom. The number of amides is 3. The van der Waals surface area contributed by atoms with Gasteiger partial charge in [-0.25, -0.2) is 17.6 Å². The highest BCUT2D eigenvalue weighted by Crippen LogP contribution is 2.57. The Bertz CT molecular complexity index is 3260. The summed E-state index contributed by atoms with van der Waals surface area (Å²) in [5.74, 6) is -9.54. The van der Waals surface area contributed by atoms with Crippen LogP contribution in [0.25, 0.3) is 0 Å². The lowest BCUT2D eigenvalue weighted by atomic mass is 9.93. The SMILES string of the molecule is CN(C(=O)c1ccccc1)c1cccc(C(=O)Nc2c(Br)cc(C(F)(C(F)(F)F)C(F)(F)F)cc2OC(F)F)c1F.O=C(Cc1cccc(C(=O)Nc2c(Br)cc(C(F)(C(F)(F)F)C(F)(F)F)cc2OC(F)F)c1F)c1ccccc1. The predicted molar refractivity (Wildman–Crippen MR) is 254 cm³/mol. The van der Waals surface area contributed by atoms with Gasteiger partial charge in [0.25, 0.3) is 17.7 Å². The number of carbonyl (C=O) groups is 4. The van der Waals surface area contributed by atoms with Crippen LogP contribution in [0.5, 0.6) is 11.5 Å². The monoisotopic (exact) mass is 1310 g/mol. The summed E-state index contributed by atoms with van der Waals surface area (Å²) >= 11 is 5.06. The van der Waals surface area contributed by atoms with Gasteiger partial charge in [-0.2, -0.15) is 70.2 Å². The average molecular weight is 1310 g/mol. The molecule has 81 heavy (non-hydrogen) atoms. The van der Waals surface area contributed by atoms with Crippen molar-refractivity contribution in [3.05, 3.63) is 181 Å². The van der Waals surface area contributed by atoms with Crippen molar-refractivity contribution in [1.82, 2.24) is 0 Å². The molecule has 0 radical (unpaired) electrons. The van der Waals surface area contributed by atoms with Crippen LogP contribution in [0, 0.1) is 11.6 Å². The van der Waals surface area contributed by atoms with Crippen LogP contribution in [0.1, 0.15) is 58.1 Å². The second kappa shape index (κ2) is 24.7. The third kappa shape index (κ3) is 14.0. The maximum atomic E-state index is 15.3. The Labute approximate surface area is 458 Å². The molecule has 9 nitrogen and oxygen atoms in total. The first-order valence-electron chi connectivity index (χ1n) is 21.7. The van der Waals surface area contributed by atoms with Crippen LogP contribution in [-0.2, 0) is 17.8 Å². The lowest BCUT2D eigenvalue weighted by Crippen LogP contribution is -2.50. The number of rotatable bonds is 15. The van der Waals surface area contributed by atoms with Gasteiger partial charge in [0, 0.05) is 44.7 Å². The van der Waals surface area contributed by atoms with Crippen molar-refractivity contribution in [1.29, 1.82) is 0 Å². The summed E-state index contributed by atoms with van der Waals surface area (Å²) in [6.07, 6.45) is -26.8. The smallest absolute Gasteiger partial charge is 0.433 e. The summed E-state index contributed by atoms with van der Waals surface area (Å²) < 4.78 is 276. The van der Waals surface area contributed by atoms with Gasteiger partial charge in [-0.1, -0.05) is 66.7 Å². The van der Waals surface area contributed by atoms with E-state index in [4.69, 9.17) is 0 Å². The fourth-order valence-corrected chi connectivity index (χ4v) is 8.23. The number of hydrogen-bond acceptors (Lipinski definition) is 6. The van der Waals surface area contributed by atoms with Crippen molar-refractivity contribution >= 4 is 72.4 Å². The van der Waals surface area contributed by atoms with Crippen molar-refractivity contribution in [3.63, 3.8) is 0 Å². The van der Waals surface area contributed by atoms with Gasteiger partial charge >= 0.3 is 49.3 Å². The average Bonchev–Trinajstić information content (AvgIpc) is 3.56. The zero-order valence-electron chi connectivity index (χ0n) is 39.6. The first-order valence-corrected chi connectivity index (χ1v) is 23.3. The van der Waals surface area contributed by atoms with Gasteiger partial charge in [0.05, 0.1) is 28.2 Å². The molecule has 434 valence electrons. The molecule has 0 aliphatic heterocycles. The second-order valence-corrected chi connectivity index (χ2v) is 18.0. The van der Waals surface area contributed by atoms with E-state index < -0.39 is 151 Å². The van der Waals surface area contributed by atoms with Crippen LogP contribution < -0.4 is 25.0 Å². The lowest BCUT2D eigenvalue weighted by molar-refractivity contribution is -0.349. The molecule has 0 aromatic heterocycles. The van der Waals surface area contributed by atoms with Crippen LogP contribution in [0.2, 0.25) is 0 Å². The largest absolute Gasteiger partial charge is 0.435 e. The molecule has 0 aliphatic carbocycles. The molecule has 0 aliphatic rings. The van der Waals surface area contributed by atoms with Gasteiger partial charge in [0.2, 0.25) is 0 Å². The summed E-state index contributed by atoms with van der Waals surface area (Å²) in [6, 6.07) is 21.0. The Balaban J connectivity index is 0.000000297. The Hall–Kier alpha value is -7.44. The molecule has 6 rings (SSSR count). The molecule has 0 atom stereocenters. The Kier molecular flexibility index (Phi) is 19.7. The zero-order chi connectivity index (χ0) is 61.0. The molecule has 0 spiro atoms. The lowest BCUT2D eigenvalue weighted by Gasteiger charge is -2.31. The number of benzene rings is 6. The summed E-state index contributed by atoms with van der Waals surface area (Å²) in [6.45, 7) is -7.69. The maximum Gasteiger partial charge on any atom is 0.435 e. The minimum Gasteiger partial charge on any atom is -0.433 e. The molecule has 3 amide bonds. The van der Waals surface area contributed by atoms with Crippen molar-refractivity contribution in [2.45, 2.75) is 55.7 Å². The highest BCUT2D eigenvalue weighted by molar-refractivity contribution is 9.11. The molecule has 0 bridgehead atoms. The first-order chi connectivity index (χ1) is 37.4. The van der Waals surface area contributed by atoms with Gasteiger partial charge in [0.15, 0.2) is 23.1 Å². The summed E-state index contributed by atoms with van der Waals surface area (Å²) in [5, 5.41) is 3.71. The van der Waals surface area contributed by atoms with Crippen LogP contribution in [0.3, 0.4) is 0 Å². The molecule has 0 heterocycles. The van der Waals surface area contributed by atoms with E-state index in [0.717, 1.165) is 29.2 Å². The van der Waals surface area contributed by atoms with Crippen LogP contribution >= 0.6 is 31.9 Å². The number of Topliss-reactive ketones (excluding diaryl/α,β-unsaturated/α-hetero) is 1. The topological polar surface area (TPSA) is 114 Å². The van der Waals surface area contributed by atoms with Gasteiger partial charge < -0.3 is 25.0 Å². The standard InChI is InChI=1S/C25H15BrF10N2O3.C25H14BrF10NO3/c1-38(21(40)12-6-3-2-4-7-12)16-9-5-8-14(18(16)27)20(39)37-19-15(26)10-13(11-17(19)41-22(28)29)23(30,24(31,32)33)25(34,35)36;26-16-10-14(23(30,24(31,32)33)25(34,35)36)11-18(40-22(28)29)20(16)37-21(39)15-8-4-7-13(19(15)27)9-17(38)12-5-2-1-3-6-12/h2-11,22H,1H3,(H,37,39);1-8,10-11,22H,9H2,(H,37,39). The van der Waals surface area contributed by atoms with Gasteiger partial charge in [0.1, 0.15) is 5.82 Å². The highest BCUT2D eigenvalue weighted by Gasteiger charge is 2.75. The zero-order valence-corrected chi connectivity index (χ0v) is 42.8. The molecular weight excluding hydrogens is 1280 g/mol. The molecule has 6 aromatic carbocycles. The Morgan fingerprint density at radius 3 is 1.26 bits per heavy atom. The highest BCUT2D eigenvalue weighted by atomic mass is 79.9. The molecule has 0 saturated heterocycles. The van der Waals surface area contributed by atoms with Gasteiger partial charge in [-0.3, -0.25) is 19.2 Å². The van der Waals surface area contributed by atoms with Crippen molar-refractivity contribution in [2.24, 2.45) is 0 Å². The first kappa shape index (κ1) is 64.4. The van der Waals surface area contributed by atoms with E-state index in [1.165, 1.54) is 43.4 Å². The van der Waals surface area contributed by atoms with Crippen LogP contribution in [-0.4, -0.2) is 68.5 Å². The quantitative estimate of drug-likeness (QED) is 0.0782. The normalized spacial score (nSPS) is 12.4. The van der Waals surface area contributed by atoms with E-state index in [1.54, 1.807) is 36.4 Å². The van der Waals surface area contributed by atoms with E-state index in [2.05, 4.69) is 41.3 Å². The second-order valence-electron chi connectivity index (χ2n) is 16.2. The number of ether oxygens (including phenoxy) is 2. The molecule has 0 saturated carbocycles. The van der Waals surface area contributed by atoms with Crippen molar-refractivity contribution < 1.29 is 116 Å². The molecule has 6 aromatic rings. The number of anilines is 3. The molecule has 2 N–H and O–H groups in total. The summed E-state index contributed by atoms with van der Waals surface area (Å²) in [7, 11) is 1.18. The third-order valence-corrected chi connectivity index (χ3v) is 12.3. The number of nitrogens with zero attached hydrogens (tertiary/aromatic N) is 1. The number of hydrogen-bond donors (Lipinski definition) is 2. The number of halogens is 22. The molecule has 0 fully saturated rings. The fourth-order valence-electron chi connectivity index (χ4n) is 7.15. The minimum atomic E-state index is -6.58. The summed E-state index contributed by atoms with van der Waals surface area (Å²) in [5.41, 5.74) is -20.1. The molecule has 31 heteroatoms. The third-order valence-electron chi connectivity index (χ3n) is 11.1. The number of nitrogens with one attached hydrogen (secondary N) is 2. The van der Waals surface area contributed by atoms with Crippen LogP contribution in [0.4, 0.5) is 105 Å². The number of carbonyl (C=O) groups excluding carboxylic acids is 4. The maximum absolute atomic E-state index is 15.3. The fraction of sp³-hybridized carbons (Fsp3) is 0.200. The van der Waals surface area contributed by atoms with Crippen molar-refractivity contribution in [2.75, 3.05) is 22.6 Å². The molecule has 0 unspecified atom stereocenters.